The molecule has 112 valence electrons. The number of halogens is 1. The summed E-state index contributed by atoms with van der Waals surface area (Å²) in [4.78, 5) is 0. The monoisotopic (exact) mass is 341 g/mol. The summed E-state index contributed by atoms with van der Waals surface area (Å²) in [6, 6.07) is 6.33. The summed E-state index contributed by atoms with van der Waals surface area (Å²) < 4.78 is 12.6. The van der Waals surface area contributed by atoms with Crippen LogP contribution < -0.4 is 10.5 Å². The van der Waals surface area contributed by atoms with Gasteiger partial charge in [0.1, 0.15) is 5.75 Å². The fraction of sp³-hybridized carbons (Fsp3) is 0.625. The second kappa shape index (κ2) is 8.01. The van der Waals surface area contributed by atoms with E-state index in [1.807, 2.05) is 12.1 Å². The van der Waals surface area contributed by atoms with Crippen molar-refractivity contribution in [3.05, 3.63) is 28.2 Å². The van der Waals surface area contributed by atoms with Gasteiger partial charge >= 0.3 is 0 Å². The van der Waals surface area contributed by atoms with Gasteiger partial charge in [0, 0.05) is 23.5 Å². The molecule has 1 heterocycles. The summed E-state index contributed by atoms with van der Waals surface area (Å²) in [6.07, 6.45) is 5.52. The topological polar surface area (TPSA) is 44.5 Å². The normalized spacial score (nSPS) is 20.1. The molecule has 0 amide bonds. The summed E-state index contributed by atoms with van der Waals surface area (Å²) in [5.74, 6) is 0.954. The van der Waals surface area contributed by atoms with E-state index in [2.05, 4.69) is 28.9 Å². The Morgan fingerprint density at radius 2 is 2.35 bits per heavy atom. The molecule has 1 aromatic rings. The highest BCUT2D eigenvalue weighted by Crippen LogP contribution is 2.25. The summed E-state index contributed by atoms with van der Waals surface area (Å²) in [5.41, 5.74) is 7.24. The van der Waals surface area contributed by atoms with Gasteiger partial charge in [0.25, 0.3) is 0 Å². The molecule has 0 saturated carbocycles. The van der Waals surface area contributed by atoms with Crippen LogP contribution in [0.1, 0.15) is 38.2 Å². The third-order valence-electron chi connectivity index (χ3n) is 3.75. The van der Waals surface area contributed by atoms with Gasteiger partial charge < -0.3 is 15.2 Å². The van der Waals surface area contributed by atoms with E-state index >= 15 is 0 Å². The molecule has 3 nitrogen and oxygen atoms in total. The highest BCUT2D eigenvalue weighted by atomic mass is 79.9. The number of hydrogen-bond donors (Lipinski definition) is 1. The minimum Gasteiger partial charge on any atom is -0.493 e. The molecule has 2 rings (SSSR count). The Morgan fingerprint density at radius 3 is 3.05 bits per heavy atom. The molecule has 0 radical (unpaired) electrons. The molecule has 1 aliphatic rings. The number of rotatable bonds is 7. The minimum atomic E-state index is 0.185. The lowest BCUT2D eigenvalue weighted by molar-refractivity contribution is 0.0902. The van der Waals surface area contributed by atoms with Crippen LogP contribution in [0.2, 0.25) is 0 Å². The molecule has 2 N–H and O–H groups in total. The Labute approximate surface area is 130 Å². The Bertz CT molecular complexity index is 419. The van der Waals surface area contributed by atoms with Crippen LogP contribution in [0, 0.1) is 0 Å². The van der Waals surface area contributed by atoms with Crippen molar-refractivity contribution in [2.75, 3.05) is 13.2 Å². The van der Waals surface area contributed by atoms with Crippen LogP contribution in [0.4, 0.5) is 0 Å². The van der Waals surface area contributed by atoms with E-state index in [0.717, 1.165) is 42.5 Å². The van der Waals surface area contributed by atoms with Crippen molar-refractivity contribution in [2.24, 2.45) is 5.73 Å². The van der Waals surface area contributed by atoms with E-state index < -0.39 is 0 Å². The van der Waals surface area contributed by atoms with E-state index in [0.29, 0.717) is 12.7 Å². The van der Waals surface area contributed by atoms with Gasteiger partial charge in [0.15, 0.2) is 0 Å². The van der Waals surface area contributed by atoms with E-state index in [1.165, 1.54) is 12.0 Å². The van der Waals surface area contributed by atoms with Crippen LogP contribution >= 0.6 is 15.9 Å². The molecule has 0 aromatic heterocycles. The summed E-state index contributed by atoms with van der Waals surface area (Å²) in [5, 5.41) is 0. The van der Waals surface area contributed by atoms with Crippen molar-refractivity contribution in [3.8, 4) is 5.75 Å². The maximum Gasteiger partial charge on any atom is 0.122 e. The first-order chi connectivity index (χ1) is 9.69. The molecular weight excluding hydrogens is 318 g/mol. The number of hydrogen-bond acceptors (Lipinski definition) is 3. The molecule has 4 heteroatoms. The molecule has 2 unspecified atom stereocenters. The van der Waals surface area contributed by atoms with E-state index in [-0.39, 0.29) is 6.04 Å². The number of benzene rings is 1. The molecule has 0 bridgehead atoms. The van der Waals surface area contributed by atoms with Crippen molar-refractivity contribution in [3.63, 3.8) is 0 Å². The zero-order valence-corrected chi connectivity index (χ0v) is 13.7. The first-order valence-corrected chi connectivity index (χ1v) is 8.26. The Balaban J connectivity index is 1.91. The van der Waals surface area contributed by atoms with Crippen LogP contribution in [0.5, 0.6) is 5.75 Å². The van der Waals surface area contributed by atoms with Crippen LogP contribution in [0.25, 0.3) is 0 Å². The summed E-state index contributed by atoms with van der Waals surface area (Å²) in [7, 11) is 0. The second-order valence-corrected chi connectivity index (χ2v) is 6.31. The molecule has 1 aromatic carbocycles. The van der Waals surface area contributed by atoms with Crippen molar-refractivity contribution < 1.29 is 9.47 Å². The first kappa shape index (κ1) is 15.8. The van der Waals surface area contributed by atoms with Crippen molar-refractivity contribution >= 4 is 15.9 Å². The molecule has 0 spiro atoms. The Hall–Kier alpha value is -0.580. The highest BCUT2D eigenvalue weighted by Gasteiger charge is 2.15. The average molecular weight is 342 g/mol. The van der Waals surface area contributed by atoms with Gasteiger partial charge in [0.05, 0.1) is 12.7 Å². The molecule has 2 atom stereocenters. The first-order valence-electron chi connectivity index (χ1n) is 7.47. The van der Waals surface area contributed by atoms with Crippen molar-refractivity contribution in [1.82, 2.24) is 0 Å². The third-order valence-corrected chi connectivity index (χ3v) is 4.24. The lowest BCUT2D eigenvalue weighted by atomic mass is 10.0. The zero-order chi connectivity index (χ0) is 14.4. The lowest BCUT2D eigenvalue weighted by Crippen LogP contribution is -2.22. The average Bonchev–Trinajstić information content (AvgIpc) is 2.94. The fourth-order valence-corrected chi connectivity index (χ4v) is 2.86. The van der Waals surface area contributed by atoms with Gasteiger partial charge in [0.2, 0.25) is 0 Å². The van der Waals surface area contributed by atoms with Crippen LogP contribution in [0.15, 0.2) is 22.7 Å². The summed E-state index contributed by atoms with van der Waals surface area (Å²) >= 11 is 3.51. The van der Waals surface area contributed by atoms with Gasteiger partial charge in [-0.25, -0.2) is 0 Å². The van der Waals surface area contributed by atoms with Gasteiger partial charge in [-0.3, -0.25) is 0 Å². The lowest BCUT2D eigenvalue weighted by Gasteiger charge is -2.16. The predicted molar refractivity (Wildman–Crippen MR) is 85.2 cm³/mol. The highest BCUT2D eigenvalue weighted by molar-refractivity contribution is 9.10. The van der Waals surface area contributed by atoms with Gasteiger partial charge in [-0.1, -0.05) is 22.9 Å². The third kappa shape index (κ3) is 4.76. The van der Waals surface area contributed by atoms with Gasteiger partial charge in [-0.15, -0.1) is 0 Å². The molecule has 0 aliphatic carbocycles. The fourth-order valence-electron chi connectivity index (χ4n) is 2.45. The van der Waals surface area contributed by atoms with E-state index in [1.54, 1.807) is 0 Å². The van der Waals surface area contributed by atoms with Crippen molar-refractivity contribution in [2.45, 2.75) is 51.2 Å². The van der Waals surface area contributed by atoms with E-state index in [9.17, 15) is 0 Å². The van der Waals surface area contributed by atoms with Gasteiger partial charge in [-0.2, -0.15) is 0 Å². The molecule has 1 saturated heterocycles. The number of nitrogens with two attached hydrogens (primary N) is 1. The molecule has 1 aliphatic heterocycles. The van der Waals surface area contributed by atoms with Crippen LogP contribution in [-0.4, -0.2) is 25.4 Å². The maximum atomic E-state index is 6.06. The Morgan fingerprint density at radius 1 is 1.50 bits per heavy atom. The quantitative estimate of drug-likeness (QED) is 0.822. The smallest absolute Gasteiger partial charge is 0.122 e. The Kier molecular flexibility index (Phi) is 6.33. The second-order valence-electron chi connectivity index (χ2n) is 5.40. The van der Waals surface area contributed by atoms with Crippen LogP contribution in [-0.2, 0) is 11.2 Å². The van der Waals surface area contributed by atoms with Gasteiger partial charge in [-0.05, 0) is 49.4 Å². The SMILES string of the molecule is CCC(N)Cc1cc(Br)ccc1OCCC1CCCO1. The predicted octanol–water partition coefficient (Wildman–Crippen LogP) is 3.68. The zero-order valence-electron chi connectivity index (χ0n) is 12.1. The minimum absolute atomic E-state index is 0.185. The molecular formula is C16H24BrNO2. The van der Waals surface area contributed by atoms with Crippen LogP contribution in [0.3, 0.4) is 0 Å². The molecule has 20 heavy (non-hydrogen) atoms. The van der Waals surface area contributed by atoms with Crippen molar-refractivity contribution in [1.29, 1.82) is 0 Å². The largest absolute Gasteiger partial charge is 0.493 e. The maximum absolute atomic E-state index is 6.06. The number of ether oxygens (including phenoxy) is 2. The standard InChI is InChI=1S/C16H24BrNO2/c1-2-14(18)11-12-10-13(17)5-6-16(12)20-9-7-15-4-3-8-19-15/h5-6,10,14-15H,2-4,7-9,11,18H2,1H3. The summed E-state index contributed by atoms with van der Waals surface area (Å²) in [6.45, 7) is 3.72. The molecule has 1 fully saturated rings. The van der Waals surface area contributed by atoms with E-state index in [4.69, 9.17) is 15.2 Å².